The highest BCUT2D eigenvalue weighted by molar-refractivity contribution is 8.24. The summed E-state index contributed by atoms with van der Waals surface area (Å²) in [5.74, 6) is 0.166. The Morgan fingerprint density at radius 1 is 1.21 bits per heavy atom. The summed E-state index contributed by atoms with van der Waals surface area (Å²) in [4.78, 5) is 25.1. The molecule has 1 atom stereocenters. The van der Waals surface area contributed by atoms with Gasteiger partial charge in [0.15, 0.2) is 22.8 Å². The van der Waals surface area contributed by atoms with Crippen LogP contribution in [0, 0.1) is 4.91 Å². The maximum absolute atomic E-state index is 14.1. The second-order valence-electron chi connectivity index (χ2n) is 9.87. The highest BCUT2D eigenvalue weighted by Gasteiger charge is 2.34. The molecule has 2 aromatic carbocycles. The second-order valence-corrected chi connectivity index (χ2v) is 12.8. The van der Waals surface area contributed by atoms with Crippen LogP contribution >= 0.6 is 10.8 Å². The smallest absolute Gasteiger partial charge is 0.483 e. The molecule has 0 bridgehead atoms. The van der Waals surface area contributed by atoms with Crippen molar-refractivity contribution in [2.45, 2.75) is 39.7 Å². The number of benzene rings is 2. The van der Waals surface area contributed by atoms with E-state index in [0.717, 1.165) is 5.57 Å². The van der Waals surface area contributed by atoms with Crippen LogP contribution in [0.2, 0.25) is 0 Å². The van der Waals surface area contributed by atoms with E-state index in [1.54, 1.807) is 32.1 Å². The molecule has 10 nitrogen and oxygen atoms in total. The van der Waals surface area contributed by atoms with Gasteiger partial charge < -0.3 is 21.7 Å². The van der Waals surface area contributed by atoms with Crippen LogP contribution in [0.3, 0.4) is 0 Å². The highest BCUT2D eigenvalue weighted by atomic mass is 32.3. The first-order chi connectivity index (χ1) is 18.2. The summed E-state index contributed by atoms with van der Waals surface area (Å²) in [6.07, 6.45) is 7.95. The lowest BCUT2D eigenvalue weighted by Crippen LogP contribution is -2.28. The van der Waals surface area contributed by atoms with Gasteiger partial charge in [0.05, 0.1) is 22.0 Å². The summed E-state index contributed by atoms with van der Waals surface area (Å²) in [6.45, 7) is 7.26. The zero-order valence-electron chi connectivity index (χ0n) is 21.6. The monoisotopic (exact) mass is 577 g/mol. The Kier molecular flexibility index (Phi) is 6.26. The zero-order valence-corrected chi connectivity index (χ0v) is 23.2. The fourth-order valence-electron chi connectivity index (χ4n) is 4.31. The van der Waals surface area contributed by atoms with E-state index in [-0.39, 0.29) is 45.8 Å². The number of hydrogen-bond acceptors (Lipinski definition) is 10. The number of hydrogen-bond donors (Lipinski definition) is 0. The zero-order chi connectivity index (χ0) is 28.3. The van der Waals surface area contributed by atoms with Crippen LogP contribution < -0.4 is 22.7 Å². The van der Waals surface area contributed by atoms with Gasteiger partial charge in [-0.05, 0) is 64.0 Å². The van der Waals surface area contributed by atoms with Crippen LogP contribution in [0.15, 0.2) is 56.0 Å². The van der Waals surface area contributed by atoms with E-state index in [1.165, 1.54) is 30.7 Å². The molecule has 13 heteroatoms. The fourth-order valence-corrected chi connectivity index (χ4v) is 5.73. The van der Waals surface area contributed by atoms with Crippen molar-refractivity contribution in [3.8, 4) is 34.1 Å². The van der Waals surface area contributed by atoms with Gasteiger partial charge in [0.2, 0.25) is 5.43 Å². The van der Waals surface area contributed by atoms with Gasteiger partial charge in [0, 0.05) is 16.3 Å². The lowest BCUT2D eigenvalue weighted by Gasteiger charge is -2.30. The topological polar surface area (TPSA) is 131 Å². The van der Waals surface area contributed by atoms with Gasteiger partial charge in [0.1, 0.15) is 23.0 Å². The first-order valence-electron chi connectivity index (χ1n) is 11.7. The van der Waals surface area contributed by atoms with Crippen LogP contribution in [0.1, 0.15) is 38.8 Å². The second kappa shape index (κ2) is 9.12. The first kappa shape index (κ1) is 26.8. The van der Waals surface area contributed by atoms with Crippen molar-refractivity contribution >= 4 is 38.3 Å². The SMILES string of the molecule is CC(C)=CCc1c2c(c3occ(-c4ccc5c(c4)OS(C)(N=O)O5)c(=O)c3c1OS(=O)(=O)F)C=CC(C)(C)O2. The van der Waals surface area contributed by atoms with Gasteiger partial charge in [-0.1, -0.05) is 21.6 Å². The number of nitrogens with zero attached hydrogens (tertiary/aromatic N) is 1. The molecule has 0 saturated carbocycles. The van der Waals surface area contributed by atoms with Crippen molar-refractivity contribution in [2.24, 2.45) is 4.58 Å². The number of rotatable bonds is 6. The number of nitroso groups, excluding NO2 is 1. The Hall–Kier alpha value is -3.84. The van der Waals surface area contributed by atoms with Crippen molar-refractivity contribution < 1.29 is 34.0 Å². The summed E-state index contributed by atoms with van der Waals surface area (Å²) in [6, 6.07) is 4.51. The van der Waals surface area contributed by atoms with E-state index in [2.05, 4.69) is 4.58 Å². The molecule has 0 fully saturated rings. The van der Waals surface area contributed by atoms with E-state index >= 15 is 0 Å². The summed E-state index contributed by atoms with van der Waals surface area (Å²) >= 11 is 0. The quantitative estimate of drug-likeness (QED) is 0.184. The lowest BCUT2D eigenvalue weighted by molar-refractivity contribution is 0.157. The normalized spacial score (nSPS) is 20.5. The molecule has 5 rings (SSSR count). The van der Waals surface area contributed by atoms with Crippen LogP contribution in [-0.4, -0.2) is 20.3 Å². The molecule has 39 heavy (non-hydrogen) atoms. The molecule has 0 spiro atoms. The van der Waals surface area contributed by atoms with Crippen LogP contribution in [0.25, 0.3) is 28.2 Å². The third-order valence-corrected chi connectivity index (χ3v) is 7.66. The van der Waals surface area contributed by atoms with Crippen LogP contribution in [-0.2, 0) is 16.9 Å². The number of ether oxygens (including phenoxy) is 1. The van der Waals surface area contributed by atoms with E-state index in [1.807, 2.05) is 13.8 Å². The van der Waals surface area contributed by atoms with Gasteiger partial charge in [-0.25, -0.2) is 0 Å². The minimum atomic E-state index is -5.55. The largest absolute Gasteiger partial charge is 0.488 e. The molecule has 0 N–H and O–H groups in total. The molecule has 206 valence electrons. The van der Waals surface area contributed by atoms with E-state index in [4.69, 9.17) is 21.7 Å². The maximum Gasteiger partial charge on any atom is 0.488 e. The van der Waals surface area contributed by atoms with Crippen molar-refractivity contribution in [1.82, 2.24) is 0 Å². The highest BCUT2D eigenvalue weighted by Crippen LogP contribution is 2.58. The number of fused-ring (bicyclic) bond motifs is 4. The van der Waals surface area contributed by atoms with Gasteiger partial charge in [-0.2, -0.15) is 8.42 Å². The predicted molar refractivity (Wildman–Crippen MR) is 146 cm³/mol. The molecule has 2 aliphatic heterocycles. The Bertz CT molecular complexity index is 1770. The Balaban J connectivity index is 1.81. The summed E-state index contributed by atoms with van der Waals surface area (Å²) in [5.41, 5.74) is 0.263. The standard InChI is InChI=1S/C26H24FNO9S2/c1-14(2)6-8-16-23-17(10-11-26(3,4)34-23)24-21(25(16)37-39(27,31)32)22(29)18(13-33-24)15-7-9-19-20(12-15)36-38(5,28-30)35-19/h6-7,9-13H,8H2,1-5H3. The Morgan fingerprint density at radius 2 is 1.92 bits per heavy atom. The Labute approximate surface area is 225 Å². The molecule has 0 aliphatic carbocycles. The average molecular weight is 578 g/mol. The molecular weight excluding hydrogens is 553 g/mol. The molecule has 2 aliphatic rings. The van der Waals surface area contributed by atoms with Crippen LogP contribution in [0.5, 0.6) is 23.0 Å². The molecule has 1 unspecified atom stereocenters. The molecule has 0 amide bonds. The van der Waals surface area contributed by atoms with Gasteiger partial charge in [0.25, 0.3) is 0 Å². The fraction of sp³-hybridized carbons (Fsp3) is 0.269. The van der Waals surface area contributed by atoms with Crippen LogP contribution in [0.4, 0.5) is 3.89 Å². The van der Waals surface area contributed by atoms with Gasteiger partial charge >= 0.3 is 10.5 Å². The molecule has 3 aromatic rings. The predicted octanol–water partition coefficient (Wildman–Crippen LogP) is 6.46. The Morgan fingerprint density at radius 3 is 2.59 bits per heavy atom. The van der Waals surface area contributed by atoms with Crippen molar-refractivity contribution in [1.29, 1.82) is 0 Å². The number of halogens is 1. The van der Waals surface area contributed by atoms with Crippen molar-refractivity contribution in [2.75, 3.05) is 6.26 Å². The van der Waals surface area contributed by atoms with Gasteiger partial charge in [-0.3, -0.25) is 4.79 Å². The third-order valence-electron chi connectivity index (χ3n) is 6.05. The first-order valence-corrected chi connectivity index (χ1v) is 14.8. The number of allylic oxidation sites excluding steroid dienone is 2. The van der Waals surface area contributed by atoms with E-state index in [0.29, 0.717) is 11.1 Å². The minimum absolute atomic E-state index is 0.00632. The summed E-state index contributed by atoms with van der Waals surface area (Å²) in [5, 5.41) is -0.278. The molecular formula is C26H24FNO9S2. The summed E-state index contributed by atoms with van der Waals surface area (Å²) in [7, 11) is -8.25. The van der Waals surface area contributed by atoms with Gasteiger partial charge in [-0.15, -0.1) is 4.91 Å². The van der Waals surface area contributed by atoms with E-state index in [9.17, 15) is 22.0 Å². The lowest BCUT2D eigenvalue weighted by atomic mass is 9.93. The maximum atomic E-state index is 14.1. The van der Waals surface area contributed by atoms with E-state index < -0.39 is 38.1 Å². The molecule has 3 heterocycles. The summed E-state index contributed by atoms with van der Waals surface area (Å²) < 4.78 is 68.4. The average Bonchev–Trinajstić information content (AvgIpc) is 3.18. The van der Waals surface area contributed by atoms with Crippen molar-refractivity contribution in [3.05, 3.63) is 68.4 Å². The minimum Gasteiger partial charge on any atom is -0.483 e. The third kappa shape index (κ3) is 4.99. The molecule has 1 aromatic heterocycles. The molecule has 0 radical (unpaired) electrons. The van der Waals surface area contributed by atoms with Crippen molar-refractivity contribution in [3.63, 3.8) is 0 Å². The molecule has 0 saturated heterocycles.